The van der Waals surface area contributed by atoms with Crippen LogP contribution < -0.4 is 5.32 Å². The van der Waals surface area contributed by atoms with E-state index >= 15 is 0 Å². The normalized spacial score (nSPS) is 28.2. The first-order valence-corrected chi connectivity index (χ1v) is 7.33. The summed E-state index contributed by atoms with van der Waals surface area (Å²) in [6.07, 6.45) is 4.01. The van der Waals surface area contributed by atoms with Crippen LogP contribution in [0.5, 0.6) is 0 Å². The van der Waals surface area contributed by atoms with Gasteiger partial charge in [0.25, 0.3) is 0 Å². The molecule has 1 aliphatic carbocycles. The van der Waals surface area contributed by atoms with Crippen LogP contribution in [-0.4, -0.2) is 37.1 Å². The Hall–Kier alpha value is -0.0800. The second-order valence-corrected chi connectivity index (χ2v) is 6.64. The van der Waals surface area contributed by atoms with E-state index in [1.54, 1.807) is 0 Å². The fourth-order valence-electron chi connectivity index (χ4n) is 3.49. The van der Waals surface area contributed by atoms with E-state index in [-0.39, 0.29) is 0 Å². The summed E-state index contributed by atoms with van der Waals surface area (Å²) in [6, 6.07) is 1.36. The highest BCUT2D eigenvalue weighted by Gasteiger charge is 2.41. The third-order valence-electron chi connectivity index (χ3n) is 4.49. The van der Waals surface area contributed by atoms with Gasteiger partial charge in [-0.2, -0.15) is 0 Å². The average molecular weight is 240 g/mol. The topological polar surface area (TPSA) is 15.3 Å². The minimum atomic E-state index is 0.467. The lowest BCUT2D eigenvalue weighted by molar-refractivity contribution is 0.160. The maximum atomic E-state index is 3.56. The summed E-state index contributed by atoms with van der Waals surface area (Å²) >= 11 is 0. The Kier molecular flexibility index (Phi) is 5.46. The van der Waals surface area contributed by atoms with Crippen molar-refractivity contribution in [3.8, 4) is 0 Å². The van der Waals surface area contributed by atoms with Gasteiger partial charge in [-0.05, 0) is 58.0 Å². The molecule has 0 radical (unpaired) electrons. The first-order chi connectivity index (χ1) is 7.92. The maximum absolute atomic E-state index is 3.56. The van der Waals surface area contributed by atoms with Crippen molar-refractivity contribution in [1.82, 2.24) is 10.2 Å². The number of nitrogens with one attached hydrogen (secondary N) is 1. The molecule has 2 nitrogen and oxygen atoms in total. The number of hydrogen-bond acceptors (Lipinski definition) is 2. The molecule has 1 saturated carbocycles. The highest BCUT2D eigenvalue weighted by Crippen LogP contribution is 2.41. The van der Waals surface area contributed by atoms with Crippen molar-refractivity contribution < 1.29 is 0 Å². The number of hydrogen-bond donors (Lipinski definition) is 1. The van der Waals surface area contributed by atoms with Crippen molar-refractivity contribution in [1.29, 1.82) is 0 Å². The van der Waals surface area contributed by atoms with Crippen LogP contribution in [0.1, 0.15) is 53.9 Å². The zero-order valence-corrected chi connectivity index (χ0v) is 12.7. The summed E-state index contributed by atoms with van der Waals surface area (Å²) in [6.45, 7) is 14.3. The summed E-state index contributed by atoms with van der Waals surface area (Å²) in [5.74, 6) is 0.823. The minimum absolute atomic E-state index is 0.467. The number of nitrogens with zero attached hydrogens (tertiary/aromatic N) is 1. The molecule has 0 bridgehead atoms. The van der Waals surface area contributed by atoms with Crippen LogP contribution in [0.2, 0.25) is 0 Å². The monoisotopic (exact) mass is 240 g/mol. The fraction of sp³-hybridized carbons (Fsp3) is 1.00. The van der Waals surface area contributed by atoms with Crippen molar-refractivity contribution in [2.45, 2.75) is 66.0 Å². The first kappa shape index (κ1) is 15.0. The molecule has 0 saturated heterocycles. The quantitative estimate of drug-likeness (QED) is 0.767. The van der Waals surface area contributed by atoms with Crippen molar-refractivity contribution in [2.75, 3.05) is 20.1 Å². The van der Waals surface area contributed by atoms with Gasteiger partial charge in [-0.1, -0.05) is 20.8 Å². The summed E-state index contributed by atoms with van der Waals surface area (Å²) in [5.41, 5.74) is 0.467. The van der Waals surface area contributed by atoms with Crippen LogP contribution in [0.3, 0.4) is 0 Å². The van der Waals surface area contributed by atoms with E-state index < -0.39 is 0 Å². The lowest BCUT2D eigenvalue weighted by Gasteiger charge is -2.35. The molecular weight excluding hydrogens is 208 g/mol. The lowest BCUT2D eigenvalue weighted by atomic mass is 9.84. The molecule has 0 aliphatic heterocycles. The summed E-state index contributed by atoms with van der Waals surface area (Å²) in [5, 5.41) is 3.56. The van der Waals surface area contributed by atoms with Gasteiger partial charge in [-0.25, -0.2) is 0 Å². The molecule has 0 aromatic rings. The molecule has 2 heteroatoms. The zero-order valence-electron chi connectivity index (χ0n) is 12.7. The van der Waals surface area contributed by atoms with E-state index in [9.17, 15) is 0 Å². The molecule has 0 aromatic carbocycles. The second kappa shape index (κ2) is 6.19. The van der Waals surface area contributed by atoms with E-state index in [2.05, 4.69) is 51.9 Å². The van der Waals surface area contributed by atoms with E-state index in [1.807, 2.05) is 0 Å². The van der Waals surface area contributed by atoms with Crippen LogP contribution in [-0.2, 0) is 0 Å². The molecule has 17 heavy (non-hydrogen) atoms. The molecule has 2 atom stereocenters. The molecule has 0 aromatic heterocycles. The van der Waals surface area contributed by atoms with Crippen LogP contribution in [0.15, 0.2) is 0 Å². The van der Waals surface area contributed by atoms with Crippen LogP contribution in [0, 0.1) is 11.3 Å². The van der Waals surface area contributed by atoms with E-state index in [4.69, 9.17) is 0 Å². The second-order valence-electron chi connectivity index (χ2n) is 6.64. The standard InChI is InChI=1S/C15H32N2/c1-7-10-17(12(2)3)11-13-8-9-15(4,5)14(13)16-6/h12-14,16H,7-11H2,1-6H3. The summed E-state index contributed by atoms with van der Waals surface area (Å²) in [4.78, 5) is 2.65. The summed E-state index contributed by atoms with van der Waals surface area (Å²) < 4.78 is 0. The average Bonchev–Trinajstić information content (AvgIpc) is 2.52. The molecule has 0 spiro atoms. The Morgan fingerprint density at radius 1 is 1.35 bits per heavy atom. The maximum Gasteiger partial charge on any atom is 0.0156 e. The van der Waals surface area contributed by atoms with E-state index in [0.717, 1.165) is 5.92 Å². The first-order valence-electron chi connectivity index (χ1n) is 7.33. The molecule has 0 heterocycles. The van der Waals surface area contributed by atoms with Gasteiger partial charge in [0.05, 0.1) is 0 Å². The Balaban J connectivity index is 2.61. The SMILES string of the molecule is CCCN(CC1CCC(C)(C)C1NC)C(C)C. The minimum Gasteiger partial charge on any atom is -0.316 e. The van der Waals surface area contributed by atoms with Gasteiger partial charge in [-0.3, -0.25) is 0 Å². The van der Waals surface area contributed by atoms with Crippen LogP contribution >= 0.6 is 0 Å². The van der Waals surface area contributed by atoms with Crippen molar-refractivity contribution in [2.24, 2.45) is 11.3 Å². The molecule has 102 valence electrons. The zero-order chi connectivity index (χ0) is 13.1. The van der Waals surface area contributed by atoms with Crippen molar-refractivity contribution in [3.63, 3.8) is 0 Å². The molecule has 2 unspecified atom stereocenters. The molecule has 1 aliphatic rings. The molecule has 1 rings (SSSR count). The molecule has 1 fully saturated rings. The van der Waals surface area contributed by atoms with Gasteiger partial charge >= 0.3 is 0 Å². The van der Waals surface area contributed by atoms with Gasteiger partial charge in [0.15, 0.2) is 0 Å². The lowest BCUT2D eigenvalue weighted by Crippen LogP contribution is -2.45. The largest absolute Gasteiger partial charge is 0.316 e. The Morgan fingerprint density at radius 3 is 2.47 bits per heavy atom. The highest BCUT2D eigenvalue weighted by molar-refractivity contribution is 4.96. The van der Waals surface area contributed by atoms with Crippen LogP contribution in [0.25, 0.3) is 0 Å². The predicted octanol–water partition coefficient (Wildman–Crippen LogP) is 3.13. The Morgan fingerprint density at radius 2 is 2.00 bits per heavy atom. The third kappa shape index (κ3) is 3.69. The molecule has 0 amide bonds. The van der Waals surface area contributed by atoms with Gasteiger partial charge in [-0.15, -0.1) is 0 Å². The Labute approximate surface area is 108 Å². The van der Waals surface area contributed by atoms with Gasteiger partial charge in [0.1, 0.15) is 0 Å². The van der Waals surface area contributed by atoms with Crippen molar-refractivity contribution >= 4 is 0 Å². The van der Waals surface area contributed by atoms with Gasteiger partial charge in [0.2, 0.25) is 0 Å². The number of rotatable bonds is 6. The highest BCUT2D eigenvalue weighted by atomic mass is 15.2. The van der Waals surface area contributed by atoms with Crippen LogP contribution in [0.4, 0.5) is 0 Å². The van der Waals surface area contributed by atoms with Gasteiger partial charge in [0, 0.05) is 18.6 Å². The van der Waals surface area contributed by atoms with Gasteiger partial charge < -0.3 is 10.2 Å². The summed E-state index contributed by atoms with van der Waals surface area (Å²) in [7, 11) is 2.13. The van der Waals surface area contributed by atoms with E-state index in [0.29, 0.717) is 17.5 Å². The predicted molar refractivity (Wildman–Crippen MR) is 76.4 cm³/mol. The fourth-order valence-corrected chi connectivity index (χ4v) is 3.49. The molecule has 1 N–H and O–H groups in total. The van der Waals surface area contributed by atoms with Crippen molar-refractivity contribution in [3.05, 3.63) is 0 Å². The molecular formula is C15H32N2. The Bertz CT molecular complexity index is 223. The third-order valence-corrected chi connectivity index (χ3v) is 4.49. The smallest absolute Gasteiger partial charge is 0.0156 e. The van der Waals surface area contributed by atoms with E-state index in [1.165, 1.54) is 32.4 Å².